The van der Waals surface area contributed by atoms with Gasteiger partial charge in [-0.25, -0.2) is 0 Å². The number of thioether (sulfide) groups is 1. The van der Waals surface area contributed by atoms with Gasteiger partial charge in [-0.1, -0.05) is 41.9 Å². The third kappa shape index (κ3) is 3.57. The number of para-hydroxylation sites is 1. The number of benzene rings is 3. The van der Waals surface area contributed by atoms with Crippen molar-refractivity contribution in [2.45, 2.75) is 5.37 Å². The van der Waals surface area contributed by atoms with Crippen LogP contribution >= 0.6 is 23.4 Å². The van der Waals surface area contributed by atoms with Crippen LogP contribution < -0.4 is 9.64 Å². The summed E-state index contributed by atoms with van der Waals surface area (Å²) in [5.41, 5.74) is 1.93. The topological polar surface area (TPSA) is 29.5 Å². The number of hydrogen-bond acceptors (Lipinski definition) is 3. The molecule has 1 fully saturated rings. The van der Waals surface area contributed by atoms with Crippen LogP contribution in [0.3, 0.4) is 0 Å². The molecule has 26 heavy (non-hydrogen) atoms. The summed E-state index contributed by atoms with van der Waals surface area (Å²) in [4.78, 5) is 14.3. The monoisotopic (exact) mass is 381 g/mol. The van der Waals surface area contributed by atoms with E-state index >= 15 is 0 Å². The number of nitrogens with zero attached hydrogens (tertiary/aromatic N) is 1. The van der Waals surface area contributed by atoms with E-state index in [1.54, 1.807) is 11.8 Å². The number of ether oxygens (including phenoxy) is 1. The molecule has 0 aliphatic carbocycles. The Morgan fingerprint density at radius 1 is 0.885 bits per heavy atom. The molecule has 0 aromatic heterocycles. The Morgan fingerprint density at radius 3 is 2.23 bits per heavy atom. The molecule has 3 nitrogen and oxygen atoms in total. The van der Waals surface area contributed by atoms with Crippen molar-refractivity contribution < 1.29 is 9.53 Å². The fourth-order valence-corrected chi connectivity index (χ4v) is 4.18. The first kappa shape index (κ1) is 17.0. The number of halogens is 1. The highest BCUT2D eigenvalue weighted by Crippen LogP contribution is 2.42. The van der Waals surface area contributed by atoms with Crippen LogP contribution in [0.15, 0.2) is 78.9 Å². The van der Waals surface area contributed by atoms with Gasteiger partial charge in [0.05, 0.1) is 5.75 Å². The van der Waals surface area contributed by atoms with Crippen LogP contribution in [0, 0.1) is 0 Å². The molecule has 3 aromatic carbocycles. The Labute approximate surface area is 161 Å². The van der Waals surface area contributed by atoms with Crippen molar-refractivity contribution >= 4 is 35.0 Å². The molecule has 1 aliphatic heterocycles. The molecule has 5 heteroatoms. The summed E-state index contributed by atoms with van der Waals surface area (Å²) >= 11 is 7.60. The first-order chi connectivity index (χ1) is 12.7. The van der Waals surface area contributed by atoms with Crippen molar-refractivity contribution in [1.82, 2.24) is 0 Å². The molecule has 0 N–H and O–H groups in total. The average Bonchev–Trinajstić information content (AvgIpc) is 3.05. The van der Waals surface area contributed by atoms with Gasteiger partial charge in [0.15, 0.2) is 0 Å². The summed E-state index contributed by atoms with van der Waals surface area (Å²) in [7, 11) is 0. The summed E-state index contributed by atoms with van der Waals surface area (Å²) in [6, 6.07) is 24.9. The molecule has 1 amide bonds. The predicted molar refractivity (Wildman–Crippen MR) is 107 cm³/mol. The van der Waals surface area contributed by atoms with Gasteiger partial charge in [-0.15, -0.1) is 11.8 Å². The standard InChI is InChI=1S/C21H16ClNO2S/c22-16-8-6-15(7-9-16)21-23(20(24)14-26-21)17-10-12-19(13-11-17)25-18-4-2-1-3-5-18/h1-13,21H,14H2/t21-/m0/s1. The van der Waals surface area contributed by atoms with Crippen molar-refractivity contribution in [3.8, 4) is 11.5 Å². The van der Waals surface area contributed by atoms with E-state index in [2.05, 4.69) is 0 Å². The van der Waals surface area contributed by atoms with Crippen LogP contribution in [0.4, 0.5) is 5.69 Å². The van der Waals surface area contributed by atoms with Crippen LogP contribution in [-0.2, 0) is 4.79 Å². The number of hydrogen-bond donors (Lipinski definition) is 0. The maximum absolute atomic E-state index is 12.4. The summed E-state index contributed by atoms with van der Waals surface area (Å²) in [5.74, 6) is 2.09. The lowest BCUT2D eigenvalue weighted by Gasteiger charge is -2.24. The van der Waals surface area contributed by atoms with E-state index in [1.165, 1.54) is 0 Å². The van der Waals surface area contributed by atoms with Crippen LogP contribution in [0.2, 0.25) is 5.02 Å². The van der Waals surface area contributed by atoms with Crippen LogP contribution in [0.25, 0.3) is 0 Å². The average molecular weight is 382 g/mol. The van der Waals surface area contributed by atoms with Gasteiger partial charge in [-0.3, -0.25) is 9.69 Å². The summed E-state index contributed by atoms with van der Waals surface area (Å²) < 4.78 is 5.82. The summed E-state index contributed by atoms with van der Waals surface area (Å²) in [6.45, 7) is 0. The van der Waals surface area contributed by atoms with Gasteiger partial charge in [0.25, 0.3) is 0 Å². The van der Waals surface area contributed by atoms with E-state index in [0.29, 0.717) is 10.8 Å². The Bertz CT molecular complexity index is 898. The molecule has 130 valence electrons. The van der Waals surface area contributed by atoms with Gasteiger partial charge in [0.1, 0.15) is 16.9 Å². The van der Waals surface area contributed by atoms with Gasteiger partial charge >= 0.3 is 0 Å². The zero-order chi connectivity index (χ0) is 17.9. The van der Waals surface area contributed by atoms with Crippen molar-refractivity contribution in [2.75, 3.05) is 10.7 Å². The minimum absolute atomic E-state index is 0.0411. The van der Waals surface area contributed by atoms with E-state index < -0.39 is 0 Å². The van der Waals surface area contributed by atoms with E-state index in [9.17, 15) is 4.79 Å². The first-order valence-corrected chi connectivity index (χ1v) is 9.65. The molecular formula is C21H16ClNO2S. The van der Waals surface area contributed by atoms with E-state index in [-0.39, 0.29) is 11.3 Å². The van der Waals surface area contributed by atoms with Crippen molar-refractivity contribution in [3.63, 3.8) is 0 Å². The second-order valence-corrected chi connectivity index (χ2v) is 7.39. The number of rotatable bonds is 4. The summed E-state index contributed by atoms with van der Waals surface area (Å²) in [5, 5.41) is 0.651. The van der Waals surface area contributed by atoms with E-state index in [1.807, 2.05) is 83.8 Å². The highest BCUT2D eigenvalue weighted by molar-refractivity contribution is 8.00. The Balaban J connectivity index is 1.56. The van der Waals surface area contributed by atoms with Crippen LogP contribution in [-0.4, -0.2) is 11.7 Å². The molecular weight excluding hydrogens is 366 g/mol. The van der Waals surface area contributed by atoms with Crippen LogP contribution in [0.1, 0.15) is 10.9 Å². The quantitative estimate of drug-likeness (QED) is 0.562. The van der Waals surface area contributed by atoms with Gasteiger partial charge in [0.2, 0.25) is 5.91 Å². The SMILES string of the molecule is O=C1CS[C@@H](c2ccc(Cl)cc2)N1c1ccc(Oc2ccccc2)cc1. The Morgan fingerprint density at radius 2 is 1.54 bits per heavy atom. The third-order valence-corrected chi connectivity index (χ3v) is 5.58. The normalized spacial score (nSPS) is 16.7. The second kappa shape index (κ2) is 7.44. The molecule has 1 aliphatic rings. The van der Waals surface area contributed by atoms with Gasteiger partial charge < -0.3 is 4.74 Å². The summed E-state index contributed by atoms with van der Waals surface area (Å²) in [6.07, 6.45) is 0. The number of carbonyl (C=O) groups excluding carboxylic acids is 1. The molecule has 1 heterocycles. The molecule has 0 radical (unpaired) electrons. The minimum atomic E-state index is -0.0411. The number of carbonyl (C=O) groups is 1. The zero-order valence-corrected chi connectivity index (χ0v) is 15.4. The molecule has 3 aromatic rings. The van der Waals surface area contributed by atoms with Crippen molar-refractivity contribution in [2.24, 2.45) is 0 Å². The smallest absolute Gasteiger partial charge is 0.238 e. The molecule has 1 atom stereocenters. The highest BCUT2D eigenvalue weighted by Gasteiger charge is 2.33. The van der Waals surface area contributed by atoms with Crippen molar-refractivity contribution in [3.05, 3.63) is 89.4 Å². The molecule has 1 saturated heterocycles. The lowest BCUT2D eigenvalue weighted by atomic mass is 10.2. The van der Waals surface area contributed by atoms with Gasteiger partial charge in [0, 0.05) is 10.7 Å². The van der Waals surface area contributed by atoms with Crippen LogP contribution in [0.5, 0.6) is 11.5 Å². The Hall–Kier alpha value is -2.43. The molecule has 0 unspecified atom stereocenters. The first-order valence-electron chi connectivity index (χ1n) is 8.23. The zero-order valence-electron chi connectivity index (χ0n) is 13.8. The molecule has 0 saturated carbocycles. The van der Waals surface area contributed by atoms with Gasteiger partial charge in [-0.2, -0.15) is 0 Å². The maximum Gasteiger partial charge on any atom is 0.238 e. The minimum Gasteiger partial charge on any atom is -0.457 e. The maximum atomic E-state index is 12.4. The molecule has 4 rings (SSSR count). The largest absolute Gasteiger partial charge is 0.457 e. The van der Waals surface area contributed by atoms with Crippen molar-refractivity contribution in [1.29, 1.82) is 0 Å². The van der Waals surface area contributed by atoms with E-state index in [4.69, 9.17) is 16.3 Å². The van der Waals surface area contributed by atoms with E-state index in [0.717, 1.165) is 22.7 Å². The number of amides is 1. The fraction of sp³-hybridized carbons (Fsp3) is 0.0952. The predicted octanol–water partition coefficient (Wildman–Crippen LogP) is 5.91. The van der Waals surface area contributed by atoms with Gasteiger partial charge in [-0.05, 0) is 54.1 Å². The number of anilines is 1. The molecule has 0 spiro atoms. The lowest BCUT2D eigenvalue weighted by molar-refractivity contribution is -0.115. The third-order valence-electron chi connectivity index (χ3n) is 4.12. The fourth-order valence-electron chi connectivity index (χ4n) is 2.88. The Kier molecular flexibility index (Phi) is 4.87. The second-order valence-electron chi connectivity index (χ2n) is 5.89. The lowest BCUT2D eigenvalue weighted by Crippen LogP contribution is -2.27. The highest BCUT2D eigenvalue weighted by atomic mass is 35.5. The molecule has 0 bridgehead atoms.